The predicted molar refractivity (Wildman–Crippen MR) is 60.6 cm³/mol. The summed E-state index contributed by atoms with van der Waals surface area (Å²) in [5, 5.41) is 11.5. The van der Waals surface area contributed by atoms with E-state index in [4.69, 9.17) is 5.11 Å². The van der Waals surface area contributed by atoms with E-state index in [9.17, 15) is 9.18 Å². The molecule has 0 radical (unpaired) electrons. The van der Waals surface area contributed by atoms with Crippen LogP contribution < -0.4 is 5.32 Å². The van der Waals surface area contributed by atoms with Gasteiger partial charge < -0.3 is 10.4 Å². The molecule has 0 saturated heterocycles. The fourth-order valence-corrected chi connectivity index (χ4v) is 1.77. The highest BCUT2D eigenvalue weighted by Crippen LogP contribution is 2.16. The van der Waals surface area contributed by atoms with Crippen molar-refractivity contribution in [2.24, 2.45) is 0 Å². The number of carbonyl (C=O) groups is 1. The van der Waals surface area contributed by atoms with Gasteiger partial charge in [-0.15, -0.1) is 11.3 Å². The number of aromatic nitrogens is 2. The van der Waals surface area contributed by atoms with Gasteiger partial charge in [0, 0.05) is 17.3 Å². The molecule has 0 fully saturated rings. The van der Waals surface area contributed by atoms with E-state index in [1.165, 1.54) is 17.5 Å². The third-order valence-corrected chi connectivity index (χ3v) is 2.81. The molecule has 0 aliphatic rings. The highest BCUT2D eigenvalue weighted by atomic mass is 32.1. The number of nitrogens with zero attached hydrogens (tertiary/aromatic N) is 2. The number of hydrogen-bond donors (Lipinski definition) is 2. The first-order chi connectivity index (χ1) is 8.18. The predicted octanol–water partition coefficient (Wildman–Crippen LogP) is 1.99. The molecule has 0 aliphatic heterocycles. The molecule has 7 heteroatoms. The summed E-state index contributed by atoms with van der Waals surface area (Å²) in [5.41, 5.74) is 1.26. The number of thiazole rings is 1. The number of hydrogen-bond acceptors (Lipinski definition) is 5. The van der Waals surface area contributed by atoms with Gasteiger partial charge in [-0.05, 0) is 6.07 Å². The summed E-state index contributed by atoms with van der Waals surface area (Å²) >= 11 is 1.42. The summed E-state index contributed by atoms with van der Waals surface area (Å²) < 4.78 is 13.6. The molecule has 17 heavy (non-hydrogen) atoms. The molecule has 0 bridgehead atoms. The van der Waals surface area contributed by atoms with Gasteiger partial charge in [-0.1, -0.05) is 0 Å². The Morgan fingerprint density at radius 2 is 2.41 bits per heavy atom. The highest BCUT2D eigenvalue weighted by Gasteiger charge is 2.14. The van der Waals surface area contributed by atoms with Crippen LogP contribution in [-0.2, 0) is 6.54 Å². The van der Waals surface area contributed by atoms with Gasteiger partial charge in [0.25, 0.3) is 0 Å². The molecular weight excluding hydrogens is 245 g/mol. The van der Waals surface area contributed by atoms with Crippen molar-refractivity contribution >= 4 is 23.1 Å². The average Bonchev–Trinajstić information content (AvgIpc) is 2.80. The van der Waals surface area contributed by atoms with E-state index in [2.05, 4.69) is 15.3 Å². The van der Waals surface area contributed by atoms with E-state index < -0.39 is 17.3 Å². The van der Waals surface area contributed by atoms with Gasteiger partial charge in [0.1, 0.15) is 5.56 Å². The zero-order valence-corrected chi connectivity index (χ0v) is 9.37. The molecule has 88 valence electrons. The number of pyridine rings is 1. The van der Waals surface area contributed by atoms with Crippen molar-refractivity contribution in [2.75, 3.05) is 5.32 Å². The van der Waals surface area contributed by atoms with E-state index in [-0.39, 0.29) is 5.82 Å². The summed E-state index contributed by atoms with van der Waals surface area (Å²) in [5.74, 6) is -2.24. The molecule has 2 aromatic rings. The summed E-state index contributed by atoms with van der Waals surface area (Å²) in [6.07, 6.45) is 2.90. The Morgan fingerprint density at radius 1 is 1.59 bits per heavy atom. The maximum absolute atomic E-state index is 13.6. The van der Waals surface area contributed by atoms with Crippen LogP contribution in [0.4, 0.5) is 10.2 Å². The van der Waals surface area contributed by atoms with Crippen molar-refractivity contribution in [1.82, 2.24) is 9.97 Å². The Balaban J connectivity index is 2.16. The van der Waals surface area contributed by atoms with Crippen molar-refractivity contribution in [2.45, 2.75) is 6.54 Å². The molecule has 0 atom stereocenters. The van der Waals surface area contributed by atoms with Crippen molar-refractivity contribution in [3.05, 3.63) is 40.2 Å². The number of anilines is 1. The lowest BCUT2D eigenvalue weighted by Gasteiger charge is -2.06. The number of carboxylic acids is 1. The number of nitrogens with one attached hydrogen (secondary N) is 1. The van der Waals surface area contributed by atoms with Crippen LogP contribution in [0.5, 0.6) is 0 Å². The molecule has 2 heterocycles. The lowest BCUT2D eigenvalue weighted by molar-refractivity contribution is 0.0692. The first kappa shape index (κ1) is 11.5. The molecule has 2 N–H and O–H groups in total. The van der Waals surface area contributed by atoms with Gasteiger partial charge in [-0.3, -0.25) is 4.98 Å². The number of halogens is 1. The summed E-state index contributed by atoms with van der Waals surface area (Å²) in [7, 11) is 0. The van der Waals surface area contributed by atoms with Gasteiger partial charge in [0.05, 0.1) is 12.1 Å². The van der Waals surface area contributed by atoms with Crippen molar-refractivity contribution in [1.29, 1.82) is 0 Å². The van der Waals surface area contributed by atoms with Crippen LogP contribution in [0.25, 0.3) is 0 Å². The van der Waals surface area contributed by atoms with E-state index in [1.807, 2.05) is 0 Å². The molecule has 2 aromatic heterocycles. The molecule has 0 amide bonds. The fourth-order valence-electron chi connectivity index (χ4n) is 1.23. The fraction of sp³-hybridized carbons (Fsp3) is 0.100. The number of carboxylic acid groups (broad SMARTS) is 1. The Kier molecular flexibility index (Phi) is 3.29. The van der Waals surface area contributed by atoms with E-state index >= 15 is 0 Å². The van der Waals surface area contributed by atoms with E-state index in [0.29, 0.717) is 6.54 Å². The van der Waals surface area contributed by atoms with Gasteiger partial charge in [-0.25, -0.2) is 14.2 Å². The minimum atomic E-state index is -1.31. The first-order valence-electron chi connectivity index (χ1n) is 4.67. The van der Waals surface area contributed by atoms with Gasteiger partial charge in [0.15, 0.2) is 11.6 Å². The second-order valence-electron chi connectivity index (χ2n) is 3.15. The Morgan fingerprint density at radius 3 is 3.06 bits per heavy atom. The molecule has 2 rings (SSSR count). The third-order valence-electron chi connectivity index (χ3n) is 2.03. The molecule has 0 saturated carbocycles. The van der Waals surface area contributed by atoms with E-state index in [1.54, 1.807) is 11.7 Å². The minimum Gasteiger partial charge on any atom is -0.478 e. The lowest BCUT2D eigenvalue weighted by atomic mass is 10.2. The standard InChI is InChI=1S/C10H8FN3O2S/c11-8-7(10(15)16)1-2-13-9(8)14-4-6-3-12-5-17-6/h1-3,5H,4H2,(H,13,14)(H,15,16). The van der Waals surface area contributed by atoms with E-state index in [0.717, 1.165) is 10.9 Å². The maximum atomic E-state index is 13.6. The second-order valence-corrected chi connectivity index (χ2v) is 4.12. The lowest BCUT2D eigenvalue weighted by Crippen LogP contribution is -2.07. The molecule has 0 aromatic carbocycles. The summed E-state index contributed by atoms with van der Waals surface area (Å²) in [4.78, 5) is 19.2. The van der Waals surface area contributed by atoms with Crippen LogP contribution >= 0.6 is 11.3 Å². The van der Waals surface area contributed by atoms with Crippen LogP contribution in [0.15, 0.2) is 24.0 Å². The first-order valence-corrected chi connectivity index (χ1v) is 5.55. The molecule has 0 unspecified atom stereocenters. The monoisotopic (exact) mass is 253 g/mol. The molecular formula is C10H8FN3O2S. The third kappa shape index (κ3) is 2.56. The van der Waals surface area contributed by atoms with Crippen molar-refractivity contribution < 1.29 is 14.3 Å². The summed E-state index contributed by atoms with van der Waals surface area (Å²) in [6, 6.07) is 1.12. The Bertz CT molecular complexity index is 530. The second kappa shape index (κ2) is 4.88. The Hall–Kier alpha value is -2.02. The topological polar surface area (TPSA) is 75.1 Å². The molecule has 0 spiro atoms. The normalized spacial score (nSPS) is 10.2. The molecule has 5 nitrogen and oxygen atoms in total. The minimum absolute atomic E-state index is 0.0710. The van der Waals surface area contributed by atoms with Crippen LogP contribution in [0.1, 0.15) is 15.2 Å². The quantitative estimate of drug-likeness (QED) is 0.871. The zero-order valence-electron chi connectivity index (χ0n) is 8.55. The largest absolute Gasteiger partial charge is 0.478 e. The van der Waals surface area contributed by atoms with Crippen LogP contribution in [-0.4, -0.2) is 21.0 Å². The van der Waals surface area contributed by atoms with Crippen LogP contribution in [0.2, 0.25) is 0 Å². The van der Waals surface area contributed by atoms with Gasteiger partial charge >= 0.3 is 5.97 Å². The van der Waals surface area contributed by atoms with Crippen LogP contribution in [0.3, 0.4) is 0 Å². The van der Waals surface area contributed by atoms with Crippen molar-refractivity contribution in [3.63, 3.8) is 0 Å². The zero-order chi connectivity index (χ0) is 12.3. The van der Waals surface area contributed by atoms with Crippen molar-refractivity contribution in [3.8, 4) is 0 Å². The smallest absolute Gasteiger partial charge is 0.338 e. The SMILES string of the molecule is O=C(O)c1ccnc(NCc2cncs2)c1F. The Labute approximate surface area is 100.0 Å². The maximum Gasteiger partial charge on any atom is 0.338 e. The average molecular weight is 253 g/mol. The number of rotatable bonds is 4. The van der Waals surface area contributed by atoms with Gasteiger partial charge in [0.2, 0.25) is 0 Å². The molecule has 0 aliphatic carbocycles. The highest BCUT2D eigenvalue weighted by molar-refractivity contribution is 7.09. The number of aromatic carboxylic acids is 1. The van der Waals surface area contributed by atoms with Gasteiger partial charge in [-0.2, -0.15) is 0 Å². The summed E-state index contributed by atoms with van der Waals surface area (Å²) in [6.45, 7) is 0.359. The van der Waals surface area contributed by atoms with Crippen LogP contribution in [0, 0.1) is 5.82 Å².